The third kappa shape index (κ3) is 5.56. The van der Waals surface area contributed by atoms with E-state index < -0.39 is 20.8 Å². The lowest BCUT2D eigenvalue weighted by molar-refractivity contribution is 0.0952. The Bertz CT molecular complexity index is 642. The molecule has 0 aliphatic heterocycles. The van der Waals surface area contributed by atoms with Crippen molar-refractivity contribution < 1.29 is 17.4 Å². The highest BCUT2D eigenvalue weighted by molar-refractivity contribution is 7.89. The highest BCUT2D eigenvalue weighted by atomic mass is 32.2. The van der Waals surface area contributed by atoms with Crippen molar-refractivity contribution in [2.24, 2.45) is 5.14 Å². The second-order valence-corrected chi connectivity index (χ2v) is 7.72. The Balaban J connectivity index is 2.89. The summed E-state index contributed by atoms with van der Waals surface area (Å²) in [6.45, 7) is 2.27. The van der Waals surface area contributed by atoms with Crippen molar-refractivity contribution in [3.05, 3.63) is 29.3 Å². The van der Waals surface area contributed by atoms with Gasteiger partial charge in [-0.15, -0.1) is 0 Å². The van der Waals surface area contributed by atoms with Crippen LogP contribution in [-0.2, 0) is 27.2 Å². The normalized spacial score (nSPS) is 12.9. The van der Waals surface area contributed by atoms with Crippen LogP contribution in [0.25, 0.3) is 0 Å². The van der Waals surface area contributed by atoms with E-state index in [0.29, 0.717) is 30.7 Å². The van der Waals surface area contributed by atoms with Gasteiger partial charge < -0.3 is 5.32 Å². The van der Waals surface area contributed by atoms with E-state index in [0.717, 1.165) is 5.56 Å². The van der Waals surface area contributed by atoms with Gasteiger partial charge in [0, 0.05) is 34.9 Å². The first-order chi connectivity index (χ1) is 9.75. The van der Waals surface area contributed by atoms with Gasteiger partial charge in [0.2, 0.25) is 10.0 Å². The molecule has 118 valence electrons. The molecule has 1 rings (SSSR count). The molecule has 0 aromatic heterocycles. The molecule has 0 spiro atoms. The standard InChI is InChI=1S/C13H20N2O4S2/c1-3-10-5-6-11(21(14,18)19)9-12(10)13(16)15-7-4-8-20(2)17/h5-6,9H,3-4,7-8H2,1-2H3,(H,15,16)(H2,14,18,19). The number of amides is 1. The summed E-state index contributed by atoms with van der Waals surface area (Å²) < 4.78 is 33.6. The predicted octanol–water partition coefficient (Wildman–Crippen LogP) is 0.395. The summed E-state index contributed by atoms with van der Waals surface area (Å²) in [6, 6.07) is 4.28. The van der Waals surface area contributed by atoms with E-state index in [1.54, 1.807) is 12.3 Å². The third-order valence-electron chi connectivity index (χ3n) is 2.93. The van der Waals surface area contributed by atoms with Crippen LogP contribution in [0.1, 0.15) is 29.3 Å². The highest BCUT2D eigenvalue weighted by Crippen LogP contribution is 2.16. The minimum absolute atomic E-state index is 0.0838. The molecule has 1 aromatic rings. The van der Waals surface area contributed by atoms with Gasteiger partial charge in [0.05, 0.1) is 4.90 Å². The summed E-state index contributed by atoms with van der Waals surface area (Å²) >= 11 is 0. The van der Waals surface area contributed by atoms with Crippen molar-refractivity contribution in [3.8, 4) is 0 Å². The van der Waals surface area contributed by atoms with Gasteiger partial charge in [-0.05, 0) is 30.5 Å². The molecule has 0 heterocycles. The van der Waals surface area contributed by atoms with Gasteiger partial charge in [-0.1, -0.05) is 13.0 Å². The molecule has 8 heteroatoms. The number of nitrogens with one attached hydrogen (secondary N) is 1. The van der Waals surface area contributed by atoms with Crippen LogP contribution in [0.4, 0.5) is 0 Å². The Hall–Kier alpha value is -1.25. The van der Waals surface area contributed by atoms with E-state index >= 15 is 0 Å². The fraction of sp³-hybridized carbons (Fsp3) is 0.462. The smallest absolute Gasteiger partial charge is 0.251 e. The average molecular weight is 332 g/mol. The van der Waals surface area contributed by atoms with E-state index in [9.17, 15) is 17.4 Å². The Morgan fingerprint density at radius 1 is 1.38 bits per heavy atom. The zero-order chi connectivity index (χ0) is 16.0. The SMILES string of the molecule is CCc1ccc(S(N)(=O)=O)cc1C(=O)NCCCS(C)=O. The number of rotatable bonds is 7. The van der Waals surface area contributed by atoms with Gasteiger partial charge in [0.25, 0.3) is 5.91 Å². The average Bonchev–Trinajstić information content (AvgIpc) is 2.41. The van der Waals surface area contributed by atoms with Crippen LogP contribution >= 0.6 is 0 Å². The van der Waals surface area contributed by atoms with Crippen molar-refractivity contribution >= 4 is 26.7 Å². The zero-order valence-electron chi connectivity index (χ0n) is 12.1. The van der Waals surface area contributed by atoms with E-state index in [1.807, 2.05) is 6.92 Å². The molecule has 1 aromatic carbocycles. The van der Waals surface area contributed by atoms with Crippen molar-refractivity contribution in [2.45, 2.75) is 24.7 Å². The van der Waals surface area contributed by atoms with E-state index in [-0.39, 0.29) is 10.8 Å². The minimum atomic E-state index is -3.84. The molecule has 0 bridgehead atoms. The molecule has 21 heavy (non-hydrogen) atoms. The molecule has 1 unspecified atom stereocenters. The molecule has 0 saturated heterocycles. The molecular formula is C13H20N2O4S2. The van der Waals surface area contributed by atoms with Gasteiger partial charge >= 0.3 is 0 Å². The summed E-state index contributed by atoms with van der Waals surface area (Å²) in [5, 5.41) is 7.78. The lowest BCUT2D eigenvalue weighted by Gasteiger charge is -2.10. The van der Waals surface area contributed by atoms with Gasteiger partial charge in [0.1, 0.15) is 0 Å². The number of carbonyl (C=O) groups excluding carboxylic acids is 1. The summed E-state index contributed by atoms with van der Waals surface area (Å²) in [7, 11) is -4.73. The molecule has 0 fully saturated rings. The summed E-state index contributed by atoms with van der Waals surface area (Å²) in [4.78, 5) is 12.0. The first kappa shape index (κ1) is 17.8. The molecule has 3 N–H and O–H groups in total. The molecule has 0 radical (unpaired) electrons. The molecule has 0 saturated carbocycles. The van der Waals surface area contributed by atoms with Gasteiger partial charge in [0.15, 0.2) is 0 Å². The second-order valence-electron chi connectivity index (χ2n) is 4.60. The minimum Gasteiger partial charge on any atom is -0.352 e. The number of nitrogens with two attached hydrogens (primary N) is 1. The second kappa shape index (κ2) is 7.67. The van der Waals surface area contributed by atoms with E-state index in [2.05, 4.69) is 5.32 Å². The number of primary sulfonamides is 1. The highest BCUT2D eigenvalue weighted by Gasteiger charge is 2.15. The maximum Gasteiger partial charge on any atom is 0.251 e. The van der Waals surface area contributed by atoms with Crippen molar-refractivity contribution in [3.63, 3.8) is 0 Å². The maximum atomic E-state index is 12.1. The number of carbonyl (C=O) groups is 1. The molecule has 1 atom stereocenters. The lowest BCUT2D eigenvalue weighted by Crippen LogP contribution is -2.27. The van der Waals surface area contributed by atoms with Crippen molar-refractivity contribution in [2.75, 3.05) is 18.6 Å². The van der Waals surface area contributed by atoms with Gasteiger partial charge in [-0.25, -0.2) is 13.6 Å². The molecule has 6 nitrogen and oxygen atoms in total. The summed E-state index contributed by atoms with van der Waals surface area (Å²) in [5.41, 5.74) is 1.06. The van der Waals surface area contributed by atoms with Crippen LogP contribution in [0.5, 0.6) is 0 Å². The van der Waals surface area contributed by atoms with Crippen LogP contribution < -0.4 is 10.5 Å². The summed E-state index contributed by atoms with van der Waals surface area (Å²) in [5.74, 6) is 0.164. The van der Waals surface area contributed by atoms with E-state index in [1.165, 1.54) is 12.1 Å². The van der Waals surface area contributed by atoms with Gasteiger partial charge in [-0.3, -0.25) is 9.00 Å². The Labute approximate surface area is 127 Å². The van der Waals surface area contributed by atoms with Crippen LogP contribution in [0, 0.1) is 0 Å². The van der Waals surface area contributed by atoms with Crippen LogP contribution in [0.2, 0.25) is 0 Å². The van der Waals surface area contributed by atoms with Crippen LogP contribution in [0.3, 0.4) is 0 Å². The number of hydrogen-bond donors (Lipinski definition) is 2. The molecule has 0 aliphatic carbocycles. The zero-order valence-corrected chi connectivity index (χ0v) is 13.7. The fourth-order valence-electron chi connectivity index (χ4n) is 1.82. The Morgan fingerprint density at radius 2 is 2.05 bits per heavy atom. The molecule has 1 amide bonds. The van der Waals surface area contributed by atoms with Crippen molar-refractivity contribution in [1.82, 2.24) is 5.32 Å². The number of aryl methyl sites for hydroxylation is 1. The first-order valence-corrected chi connectivity index (χ1v) is 9.77. The van der Waals surface area contributed by atoms with Gasteiger partial charge in [-0.2, -0.15) is 0 Å². The monoisotopic (exact) mass is 332 g/mol. The third-order valence-corrected chi connectivity index (χ3v) is 4.70. The predicted molar refractivity (Wildman–Crippen MR) is 83.1 cm³/mol. The lowest BCUT2D eigenvalue weighted by atomic mass is 10.0. The molecule has 0 aliphatic rings. The Morgan fingerprint density at radius 3 is 2.57 bits per heavy atom. The topological polar surface area (TPSA) is 106 Å². The van der Waals surface area contributed by atoms with Crippen LogP contribution in [-0.4, -0.2) is 37.1 Å². The van der Waals surface area contributed by atoms with E-state index in [4.69, 9.17) is 5.14 Å². The maximum absolute atomic E-state index is 12.1. The largest absolute Gasteiger partial charge is 0.352 e. The summed E-state index contributed by atoms with van der Waals surface area (Å²) in [6.07, 6.45) is 2.81. The number of sulfonamides is 1. The first-order valence-electron chi connectivity index (χ1n) is 6.49. The Kier molecular flexibility index (Phi) is 6.50. The number of hydrogen-bond acceptors (Lipinski definition) is 4. The fourth-order valence-corrected chi connectivity index (χ4v) is 2.92. The number of benzene rings is 1. The van der Waals surface area contributed by atoms with Crippen LogP contribution in [0.15, 0.2) is 23.1 Å². The quantitative estimate of drug-likeness (QED) is 0.705. The molecular weight excluding hydrogens is 312 g/mol. The van der Waals surface area contributed by atoms with Crippen molar-refractivity contribution in [1.29, 1.82) is 0 Å².